The van der Waals surface area contributed by atoms with Gasteiger partial charge in [0.2, 0.25) is 0 Å². The fraction of sp³-hybridized carbons (Fsp3) is 0.350. The van der Waals surface area contributed by atoms with Crippen LogP contribution in [0.15, 0.2) is 48.5 Å². The van der Waals surface area contributed by atoms with E-state index in [1.54, 1.807) is 0 Å². The molecule has 0 saturated carbocycles. The van der Waals surface area contributed by atoms with Gasteiger partial charge >= 0.3 is 5.97 Å². The molecule has 3 rings (SSSR count). The Balaban J connectivity index is 1.80. The van der Waals surface area contributed by atoms with Crippen LogP contribution in [-0.2, 0) is 9.53 Å². The van der Waals surface area contributed by atoms with Gasteiger partial charge in [-0.2, -0.15) is 0 Å². The van der Waals surface area contributed by atoms with Crippen molar-refractivity contribution in [2.45, 2.75) is 32.2 Å². The molecule has 3 heteroatoms. The maximum atomic E-state index is 12.2. The predicted molar refractivity (Wildman–Crippen MR) is 92.1 cm³/mol. The minimum absolute atomic E-state index is 0.0930. The minimum Gasteiger partial charge on any atom is -0.464 e. The summed E-state index contributed by atoms with van der Waals surface area (Å²) >= 11 is 0. The lowest BCUT2D eigenvalue weighted by Crippen LogP contribution is -2.38. The van der Waals surface area contributed by atoms with Crippen molar-refractivity contribution in [1.29, 1.82) is 0 Å². The second-order valence-corrected chi connectivity index (χ2v) is 6.27. The highest BCUT2D eigenvalue weighted by Gasteiger charge is 2.30. The van der Waals surface area contributed by atoms with Crippen molar-refractivity contribution in [3.63, 3.8) is 0 Å². The van der Waals surface area contributed by atoms with E-state index >= 15 is 0 Å². The summed E-state index contributed by atoms with van der Waals surface area (Å²) < 4.78 is 5.56. The molecule has 2 aromatic carbocycles. The van der Waals surface area contributed by atoms with Crippen LogP contribution in [0.1, 0.15) is 37.3 Å². The zero-order valence-electron chi connectivity index (χ0n) is 13.7. The maximum Gasteiger partial charge on any atom is 0.323 e. The third-order valence-electron chi connectivity index (χ3n) is 4.88. The molecule has 2 N–H and O–H groups in total. The Labute approximate surface area is 137 Å². The van der Waals surface area contributed by atoms with Crippen molar-refractivity contribution in [1.82, 2.24) is 0 Å². The number of fused-ring (bicyclic) bond motifs is 3. The number of carbonyl (C=O) groups excluding carboxylic acids is 1. The summed E-state index contributed by atoms with van der Waals surface area (Å²) in [5, 5.41) is 0. The fourth-order valence-corrected chi connectivity index (χ4v) is 3.19. The average Bonchev–Trinajstić information content (AvgIpc) is 2.92. The molecule has 0 aromatic heterocycles. The standard InChI is InChI=1S/C20H23NO2/c1-3-13(2)19(21)20(22)23-12-18-16-10-6-4-8-14(16)15-9-5-7-11-17(15)18/h4-11,13,18-19H,3,12,21H2,1-2H3/t13-,19-/m0/s1. The number of hydrogen-bond donors (Lipinski definition) is 1. The minimum atomic E-state index is -0.549. The zero-order valence-corrected chi connectivity index (χ0v) is 13.7. The Hall–Kier alpha value is -2.13. The van der Waals surface area contributed by atoms with Gasteiger partial charge in [0.1, 0.15) is 12.6 Å². The first-order valence-corrected chi connectivity index (χ1v) is 8.24. The van der Waals surface area contributed by atoms with E-state index in [0.717, 1.165) is 6.42 Å². The molecule has 23 heavy (non-hydrogen) atoms. The Kier molecular flexibility index (Phi) is 4.49. The number of carbonyl (C=O) groups is 1. The van der Waals surface area contributed by atoms with Crippen molar-refractivity contribution in [2.24, 2.45) is 11.7 Å². The third kappa shape index (κ3) is 2.89. The second-order valence-electron chi connectivity index (χ2n) is 6.27. The van der Waals surface area contributed by atoms with Crippen molar-refractivity contribution in [2.75, 3.05) is 6.61 Å². The molecule has 1 aliphatic carbocycles. The molecule has 0 unspecified atom stereocenters. The van der Waals surface area contributed by atoms with Gasteiger partial charge in [0, 0.05) is 5.92 Å². The van der Waals surface area contributed by atoms with E-state index in [1.807, 2.05) is 38.1 Å². The smallest absolute Gasteiger partial charge is 0.323 e. The molecule has 0 amide bonds. The van der Waals surface area contributed by atoms with E-state index in [9.17, 15) is 4.79 Å². The molecule has 0 radical (unpaired) electrons. The average molecular weight is 309 g/mol. The van der Waals surface area contributed by atoms with Crippen molar-refractivity contribution >= 4 is 5.97 Å². The van der Waals surface area contributed by atoms with E-state index in [2.05, 4.69) is 24.3 Å². The monoisotopic (exact) mass is 309 g/mol. The first kappa shape index (κ1) is 15.8. The predicted octanol–water partition coefficient (Wildman–Crippen LogP) is 3.72. The van der Waals surface area contributed by atoms with Crippen LogP contribution in [-0.4, -0.2) is 18.6 Å². The van der Waals surface area contributed by atoms with Crippen LogP contribution in [0, 0.1) is 5.92 Å². The summed E-state index contributed by atoms with van der Waals surface area (Å²) in [6.07, 6.45) is 0.866. The lowest BCUT2D eigenvalue weighted by atomic mass is 9.97. The van der Waals surface area contributed by atoms with Gasteiger partial charge in [-0.25, -0.2) is 0 Å². The molecule has 1 aliphatic rings. The highest BCUT2D eigenvalue weighted by Crippen LogP contribution is 2.44. The summed E-state index contributed by atoms with van der Waals surface area (Å²) in [5.41, 5.74) is 10.9. The largest absolute Gasteiger partial charge is 0.464 e. The maximum absolute atomic E-state index is 12.2. The molecule has 0 spiro atoms. The van der Waals surface area contributed by atoms with Gasteiger partial charge in [-0.05, 0) is 28.2 Å². The van der Waals surface area contributed by atoms with Crippen LogP contribution < -0.4 is 5.73 Å². The highest BCUT2D eigenvalue weighted by molar-refractivity contribution is 5.79. The van der Waals surface area contributed by atoms with E-state index in [4.69, 9.17) is 10.5 Å². The number of nitrogens with two attached hydrogens (primary N) is 1. The molecule has 2 aromatic rings. The molecule has 2 atom stereocenters. The number of ether oxygens (including phenoxy) is 1. The first-order valence-electron chi connectivity index (χ1n) is 8.24. The second kappa shape index (κ2) is 6.55. The Morgan fingerprint density at radius 3 is 2.13 bits per heavy atom. The Morgan fingerprint density at radius 1 is 1.09 bits per heavy atom. The molecular weight excluding hydrogens is 286 g/mol. The molecule has 0 saturated heterocycles. The molecular formula is C20H23NO2. The van der Waals surface area contributed by atoms with E-state index < -0.39 is 6.04 Å². The highest BCUT2D eigenvalue weighted by atomic mass is 16.5. The zero-order chi connectivity index (χ0) is 16.4. The molecule has 0 fully saturated rings. The van der Waals surface area contributed by atoms with Crippen molar-refractivity contribution in [3.05, 3.63) is 59.7 Å². The number of benzene rings is 2. The topological polar surface area (TPSA) is 52.3 Å². The van der Waals surface area contributed by atoms with Gasteiger partial charge in [0.05, 0.1) is 0 Å². The van der Waals surface area contributed by atoms with Crippen LogP contribution in [0.25, 0.3) is 11.1 Å². The van der Waals surface area contributed by atoms with Crippen LogP contribution in [0.5, 0.6) is 0 Å². The Morgan fingerprint density at radius 2 is 1.61 bits per heavy atom. The van der Waals surface area contributed by atoms with Gasteiger partial charge in [-0.3, -0.25) is 4.79 Å². The van der Waals surface area contributed by atoms with Crippen LogP contribution in [0.3, 0.4) is 0 Å². The van der Waals surface area contributed by atoms with Gasteiger partial charge in [0.15, 0.2) is 0 Å². The van der Waals surface area contributed by atoms with Crippen LogP contribution >= 0.6 is 0 Å². The van der Waals surface area contributed by atoms with Gasteiger partial charge in [0.25, 0.3) is 0 Å². The lowest BCUT2D eigenvalue weighted by molar-refractivity contribution is -0.146. The number of rotatable bonds is 5. The quantitative estimate of drug-likeness (QED) is 0.857. The summed E-state index contributed by atoms with van der Waals surface area (Å²) in [4.78, 5) is 12.2. The van der Waals surface area contributed by atoms with E-state index in [0.29, 0.717) is 6.61 Å². The number of esters is 1. The van der Waals surface area contributed by atoms with Crippen molar-refractivity contribution in [3.8, 4) is 11.1 Å². The van der Waals surface area contributed by atoms with E-state index in [1.165, 1.54) is 22.3 Å². The molecule has 3 nitrogen and oxygen atoms in total. The molecule has 0 bridgehead atoms. The molecule has 0 heterocycles. The van der Waals surface area contributed by atoms with Crippen molar-refractivity contribution < 1.29 is 9.53 Å². The third-order valence-corrected chi connectivity index (χ3v) is 4.88. The molecule has 0 aliphatic heterocycles. The summed E-state index contributed by atoms with van der Waals surface area (Å²) in [7, 11) is 0. The summed E-state index contributed by atoms with van der Waals surface area (Å²) in [5.74, 6) is -0.0812. The van der Waals surface area contributed by atoms with Gasteiger partial charge in [-0.15, -0.1) is 0 Å². The lowest BCUT2D eigenvalue weighted by Gasteiger charge is -2.19. The Bertz CT molecular complexity index is 665. The van der Waals surface area contributed by atoms with E-state index in [-0.39, 0.29) is 17.8 Å². The van der Waals surface area contributed by atoms with Crippen LogP contribution in [0.2, 0.25) is 0 Å². The molecule has 120 valence electrons. The number of hydrogen-bond acceptors (Lipinski definition) is 3. The summed E-state index contributed by atoms with van der Waals surface area (Å²) in [6.45, 7) is 4.35. The normalized spacial score (nSPS) is 15.6. The fourth-order valence-electron chi connectivity index (χ4n) is 3.19. The SMILES string of the molecule is CC[C@H](C)[C@H](N)C(=O)OCC1c2ccccc2-c2ccccc21. The van der Waals surface area contributed by atoms with Gasteiger partial charge in [-0.1, -0.05) is 68.8 Å². The van der Waals surface area contributed by atoms with Gasteiger partial charge < -0.3 is 10.5 Å². The first-order chi connectivity index (χ1) is 11.1. The summed E-state index contributed by atoms with van der Waals surface area (Å²) in [6, 6.07) is 16.1. The van der Waals surface area contributed by atoms with Crippen LogP contribution in [0.4, 0.5) is 0 Å².